The van der Waals surface area contributed by atoms with E-state index in [-0.39, 0.29) is 6.61 Å². The predicted octanol–water partition coefficient (Wildman–Crippen LogP) is 1.48. The lowest BCUT2D eigenvalue weighted by atomic mass is 10.1. The Labute approximate surface area is 87.9 Å². The minimum Gasteiger partial charge on any atom is -0.396 e. The van der Waals surface area contributed by atoms with E-state index in [9.17, 15) is 8.78 Å². The van der Waals surface area contributed by atoms with Crippen LogP contribution in [0, 0.1) is 11.6 Å². The largest absolute Gasteiger partial charge is 0.396 e. The first-order valence-corrected chi connectivity index (χ1v) is 4.99. The second-order valence-electron chi connectivity index (χ2n) is 3.35. The molecule has 0 aromatic heterocycles. The standard InChI is InChI=1S/C11H15F2NO/c12-10-6-9(7-11(13)8-10)2-4-14-3-1-5-15/h6-8,14-15H,1-5H2. The zero-order valence-corrected chi connectivity index (χ0v) is 8.47. The topological polar surface area (TPSA) is 32.3 Å². The Hall–Kier alpha value is -1.00. The SMILES string of the molecule is OCCCNCCc1cc(F)cc(F)c1. The molecule has 0 spiro atoms. The lowest BCUT2D eigenvalue weighted by Gasteiger charge is -2.04. The third-order valence-corrected chi connectivity index (χ3v) is 2.02. The highest BCUT2D eigenvalue weighted by molar-refractivity contribution is 5.18. The summed E-state index contributed by atoms with van der Waals surface area (Å²) in [4.78, 5) is 0. The van der Waals surface area contributed by atoms with Crippen molar-refractivity contribution in [3.63, 3.8) is 0 Å². The van der Waals surface area contributed by atoms with Crippen LogP contribution in [0.1, 0.15) is 12.0 Å². The maximum absolute atomic E-state index is 12.8. The molecule has 2 nitrogen and oxygen atoms in total. The van der Waals surface area contributed by atoms with Gasteiger partial charge < -0.3 is 10.4 Å². The smallest absolute Gasteiger partial charge is 0.126 e. The van der Waals surface area contributed by atoms with Gasteiger partial charge in [0.05, 0.1) is 0 Å². The Morgan fingerprint density at radius 2 is 1.73 bits per heavy atom. The summed E-state index contributed by atoms with van der Waals surface area (Å²) in [6, 6.07) is 3.52. The molecule has 0 saturated heterocycles. The van der Waals surface area contributed by atoms with Gasteiger partial charge in [0.25, 0.3) is 0 Å². The zero-order valence-electron chi connectivity index (χ0n) is 8.47. The van der Waals surface area contributed by atoms with E-state index in [1.807, 2.05) is 0 Å². The first-order chi connectivity index (χ1) is 7.22. The molecule has 0 heterocycles. The van der Waals surface area contributed by atoms with E-state index in [1.54, 1.807) is 0 Å². The Balaban J connectivity index is 2.31. The highest BCUT2D eigenvalue weighted by Gasteiger charge is 1.99. The summed E-state index contributed by atoms with van der Waals surface area (Å²) in [6.45, 7) is 1.53. The highest BCUT2D eigenvalue weighted by Crippen LogP contribution is 2.07. The van der Waals surface area contributed by atoms with Gasteiger partial charge in [0.2, 0.25) is 0 Å². The van der Waals surface area contributed by atoms with Crippen molar-refractivity contribution in [1.29, 1.82) is 0 Å². The average molecular weight is 215 g/mol. The van der Waals surface area contributed by atoms with E-state index in [1.165, 1.54) is 12.1 Å². The van der Waals surface area contributed by atoms with Crippen LogP contribution in [-0.4, -0.2) is 24.8 Å². The fraction of sp³-hybridized carbons (Fsp3) is 0.455. The van der Waals surface area contributed by atoms with E-state index in [0.29, 0.717) is 31.5 Å². The molecule has 0 unspecified atom stereocenters. The first kappa shape index (κ1) is 12.1. The van der Waals surface area contributed by atoms with E-state index >= 15 is 0 Å². The van der Waals surface area contributed by atoms with E-state index < -0.39 is 11.6 Å². The minimum atomic E-state index is -0.541. The molecule has 0 aliphatic heterocycles. The van der Waals surface area contributed by atoms with Gasteiger partial charge in [-0.15, -0.1) is 0 Å². The molecule has 0 aliphatic carbocycles. The normalized spacial score (nSPS) is 10.6. The molecule has 0 fully saturated rings. The van der Waals surface area contributed by atoms with Crippen LogP contribution in [0.4, 0.5) is 8.78 Å². The molecule has 0 saturated carbocycles. The van der Waals surface area contributed by atoms with Crippen LogP contribution in [0.2, 0.25) is 0 Å². The Kier molecular flexibility index (Phi) is 5.21. The van der Waals surface area contributed by atoms with Crippen LogP contribution in [0.3, 0.4) is 0 Å². The second kappa shape index (κ2) is 6.48. The molecule has 0 atom stereocenters. The van der Waals surface area contributed by atoms with Crippen LogP contribution in [-0.2, 0) is 6.42 Å². The van der Waals surface area contributed by atoms with Crippen LogP contribution in [0.25, 0.3) is 0 Å². The molecule has 84 valence electrons. The molecular formula is C11H15F2NO. The molecule has 15 heavy (non-hydrogen) atoms. The number of benzene rings is 1. The van der Waals surface area contributed by atoms with Gasteiger partial charge in [-0.3, -0.25) is 0 Å². The van der Waals surface area contributed by atoms with Crippen LogP contribution in [0.15, 0.2) is 18.2 Å². The summed E-state index contributed by atoms with van der Waals surface area (Å²) in [5.41, 5.74) is 0.643. The maximum Gasteiger partial charge on any atom is 0.126 e. The quantitative estimate of drug-likeness (QED) is 0.704. The maximum atomic E-state index is 12.8. The summed E-state index contributed by atoms with van der Waals surface area (Å²) in [5, 5.41) is 11.6. The van der Waals surface area contributed by atoms with Crippen molar-refractivity contribution in [3.05, 3.63) is 35.4 Å². The molecule has 1 aromatic rings. The number of rotatable bonds is 6. The van der Waals surface area contributed by atoms with Gasteiger partial charge in [-0.25, -0.2) is 8.78 Å². The highest BCUT2D eigenvalue weighted by atomic mass is 19.1. The molecule has 0 aliphatic rings. The summed E-state index contributed by atoms with van der Waals surface area (Å²) in [7, 11) is 0. The first-order valence-electron chi connectivity index (χ1n) is 4.99. The van der Waals surface area contributed by atoms with Gasteiger partial charge in [-0.1, -0.05) is 0 Å². The van der Waals surface area contributed by atoms with Gasteiger partial charge in [0, 0.05) is 12.7 Å². The average Bonchev–Trinajstić information content (AvgIpc) is 2.16. The zero-order chi connectivity index (χ0) is 11.1. The number of aliphatic hydroxyl groups excluding tert-OH is 1. The van der Waals surface area contributed by atoms with Crippen molar-refractivity contribution in [2.24, 2.45) is 0 Å². The number of hydrogen-bond acceptors (Lipinski definition) is 2. The van der Waals surface area contributed by atoms with Crippen LogP contribution in [0.5, 0.6) is 0 Å². The Morgan fingerprint density at radius 3 is 2.33 bits per heavy atom. The summed E-state index contributed by atoms with van der Waals surface area (Å²) in [5.74, 6) is -1.08. The van der Waals surface area contributed by atoms with Gasteiger partial charge in [0.15, 0.2) is 0 Å². The number of nitrogens with one attached hydrogen (secondary N) is 1. The summed E-state index contributed by atoms with van der Waals surface area (Å²) in [6.07, 6.45) is 1.28. The molecule has 1 aromatic carbocycles. The summed E-state index contributed by atoms with van der Waals surface area (Å²) < 4.78 is 25.5. The fourth-order valence-corrected chi connectivity index (χ4v) is 1.32. The van der Waals surface area contributed by atoms with Crippen molar-refractivity contribution >= 4 is 0 Å². The van der Waals surface area contributed by atoms with Gasteiger partial charge in [0.1, 0.15) is 11.6 Å². The van der Waals surface area contributed by atoms with E-state index in [0.717, 1.165) is 6.07 Å². The monoisotopic (exact) mass is 215 g/mol. The van der Waals surface area contributed by atoms with E-state index in [4.69, 9.17) is 5.11 Å². The van der Waals surface area contributed by atoms with Gasteiger partial charge in [-0.05, 0) is 43.6 Å². The van der Waals surface area contributed by atoms with Crippen LogP contribution >= 0.6 is 0 Å². The Morgan fingerprint density at radius 1 is 1.07 bits per heavy atom. The third kappa shape index (κ3) is 4.85. The fourth-order valence-electron chi connectivity index (χ4n) is 1.32. The number of aliphatic hydroxyl groups is 1. The molecule has 0 radical (unpaired) electrons. The molecule has 4 heteroatoms. The second-order valence-corrected chi connectivity index (χ2v) is 3.35. The predicted molar refractivity (Wildman–Crippen MR) is 54.6 cm³/mol. The molecule has 2 N–H and O–H groups in total. The Bertz CT molecular complexity index is 284. The van der Waals surface area contributed by atoms with Crippen LogP contribution < -0.4 is 5.32 Å². The van der Waals surface area contributed by atoms with Crippen molar-refractivity contribution in [2.45, 2.75) is 12.8 Å². The van der Waals surface area contributed by atoms with Crippen molar-refractivity contribution in [2.75, 3.05) is 19.7 Å². The molecule has 0 bridgehead atoms. The minimum absolute atomic E-state index is 0.154. The molecule has 1 rings (SSSR count). The third-order valence-electron chi connectivity index (χ3n) is 2.02. The number of halogens is 2. The van der Waals surface area contributed by atoms with Gasteiger partial charge >= 0.3 is 0 Å². The molecule has 0 amide bonds. The van der Waals surface area contributed by atoms with Gasteiger partial charge in [-0.2, -0.15) is 0 Å². The van der Waals surface area contributed by atoms with Crippen molar-refractivity contribution in [3.8, 4) is 0 Å². The molecular weight excluding hydrogens is 200 g/mol. The lowest BCUT2D eigenvalue weighted by Crippen LogP contribution is -2.19. The van der Waals surface area contributed by atoms with E-state index in [2.05, 4.69) is 5.32 Å². The van der Waals surface area contributed by atoms with Crippen molar-refractivity contribution in [1.82, 2.24) is 5.32 Å². The lowest BCUT2D eigenvalue weighted by molar-refractivity contribution is 0.286. The summed E-state index contributed by atoms with van der Waals surface area (Å²) >= 11 is 0. The number of hydrogen-bond donors (Lipinski definition) is 2. The van der Waals surface area contributed by atoms with Crippen molar-refractivity contribution < 1.29 is 13.9 Å².